The van der Waals surface area contributed by atoms with E-state index in [-0.39, 0.29) is 5.97 Å². The number of aromatic nitrogens is 1. The van der Waals surface area contributed by atoms with Crippen LogP contribution in [0.2, 0.25) is 0 Å². The molecule has 2 rings (SSSR count). The predicted octanol–water partition coefficient (Wildman–Crippen LogP) is 2.93. The number of aryl methyl sites for hydroxylation is 1. The summed E-state index contributed by atoms with van der Waals surface area (Å²) in [5.41, 5.74) is 1.75. The number of ether oxygens (including phenoxy) is 3. The smallest absolute Gasteiger partial charge is 0.305 e. The lowest BCUT2D eigenvalue weighted by molar-refractivity contribution is -0.140. The standard InChI is InChI=1S/C15H17NO4S/c1-18-12-6-4-5-11(14(12)20-3)15-16-10(9-21-15)7-8-13(17)19-2/h4-6,9H,7-8H2,1-3H3. The van der Waals surface area contributed by atoms with Gasteiger partial charge in [0.05, 0.1) is 39.0 Å². The summed E-state index contributed by atoms with van der Waals surface area (Å²) in [6.45, 7) is 0. The number of methoxy groups -OCH3 is 3. The molecule has 0 fully saturated rings. The molecule has 0 N–H and O–H groups in total. The van der Waals surface area contributed by atoms with Crippen molar-refractivity contribution in [1.29, 1.82) is 0 Å². The number of nitrogens with zero attached hydrogens (tertiary/aromatic N) is 1. The van der Waals surface area contributed by atoms with Gasteiger partial charge in [0.25, 0.3) is 0 Å². The first-order valence-corrected chi connectivity index (χ1v) is 7.30. The van der Waals surface area contributed by atoms with Gasteiger partial charge in [0.2, 0.25) is 0 Å². The average Bonchev–Trinajstić information content (AvgIpc) is 3.00. The van der Waals surface area contributed by atoms with Gasteiger partial charge in [-0.2, -0.15) is 0 Å². The average molecular weight is 307 g/mol. The maximum atomic E-state index is 11.2. The molecule has 5 nitrogen and oxygen atoms in total. The molecule has 112 valence electrons. The minimum atomic E-state index is -0.233. The van der Waals surface area contributed by atoms with Gasteiger partial charge in [0, 0.05) is 11.8 Å². The molecule has 0 aliphatic rings. The van der Waals surface area contributed by atoms with Crippen LogP contribution in [0.25, 0.3) is 10.6 Å². The number of hydrogen-bond acceptors (Lipinski definition) is 6. The van der Waals surface area contributed by atoms with Crippen molar-refractivity contribution < 1.29 is 19.0 Å². The van der Waals surface area contributed by atoms with Crippen LogP contribution >= 0.6 is 11.3 Å². The third-order valence-electron chi connectivity index (χ3n) is 3.00. The number of carbonyl (C=O) groups is 1. The Bertz CT molecular complexity index is 624. The van der Waals surface area contributed by atoms with Crippen molar-refractivity contribution in [3.63, 3.8) is 0 Å². The molecule has 21 heavy (non-hydrogen) atoms. The molecular weight excluding hydrogens is 290 g/mol. The monoisotopic (exact) mass is 307 g/mol. The van der Waals surface area contributed by atoms with Crippen LogP contribution in [0.3, 0.4) is 0 Å². The zero-order chi connectivity index (χ0) is 15.2. The molecule has 0 bridgehead atoms. The summed E-state index contributed by atoms with van der Waals surface area (Å²) < 4.78 is 15.3. The van der Waals surface area contributed by atoms with Crippen molar-refractivity contribution in [2.24, 2.45) is 0 Å². The Balaban J connectivity index is 2.23. The normalized spacial score (nSPS) is 10.2. The number of carbonyl (C=O) groups excluding carboxylic acids is 1. The van der Waals surface area contributed by atoms with E-state index >= 15 is 0 Å². The molecule has 0 amide bonds. The van der Waals surface area contributed by atoms with Crippen LogP contribution in [0.4, 0.5) is 0 Å². The molecule has 0 radical (unpaired) electrons. The molecule has 0 unspecified atom stereocenters. The second-order valence-electron chi connectivity index (χ2n) is 4.26. The molecular formula is C15H17NO4S. The molecule has 0 aliphatic carbocycles. The van der Waals surface area contributed by atoms with Gasteiger partial charge in [-0.15, -0.1) is 11.3 Å². The molecule has 0 spiro atoms. The topological polar surface area (TPSA) is 57.7 Å². The van der Waals surface area contributed by atoms with Gasteiger partial charge in [0.15, 0.2) is 11.5 Å². The highest BCUT2D eigenvalue weighted by Crippen LogP contribution is 2.38. The fourth-order valence-corrected chi connectivity index (χ4v) is 2.81. The zero-order valence-corrected chi connectivity index (χ0v) is 13.0. The summed E-state index contributed by atoms with van der Waals surface area (Å²) in [6.07, 6.45) is 0.893. The third-order valence-corrected chi connectivity index (χ3v) is 3.92. The lowest BCUT2D eigenvalue weighted by Crippen LogP contribution is -2.02. The molecule has 0 atom stereocenters. The van der Waals surface area contributed by atoms with Gasteiger partial charge in [-0.1, -0.05) is 6.07 Å². The van der Waals surface area contributed by atoms with E-state index in [4.69, 9.17) is 9.47 Å². The van der Waals surface area contributed by atoms with E-state index in [0.29, 0.717) is 24.3 Å². The van der Waals surface area contributed by atoms with E-state index in [1.807, 2.05) is 23.6 Å². The maximum absolute atomic E-state index is 11.2. The highest BCUT2D eigenvalue weighted by Gasteiger charge is 2.14. The van der Waals surface area contributed by atoms with Crippen LogP contribution in [-0.2, 0) is 16.0 Å². The quantitative estimate of drug-likeness (QED) is 0.768. The first-order valence-electron chi connectivity index (χ1n) is 6.42. The van der Waals surface area contributed by atoms with Crippen LogP contribution in [0.1, 0.15) is 12.1 Å². The number of hydrogen-bond donors (Lipinski definition) is 0. The van der Waals surface area contributed by atoms with E-state index < -0.39 is 0 Å². The van der Waals surface area contributed by atoms with Gasteiger partial charge in [-0.3, -0.25) is 4.79 Å². The van der Waals surface area contributed by atoms with Crippen LogP contribution in [0, 0.1) is 0 Å². The Morgan fingerprint density at radius 3 is 2.71 bits per heavy atom. The van der Waals surface area contributed by atoms with Gasteiger partial charge < -0.3 is 14.2 Å². The Kier molecular flexibility index (Phi) is 5.16. The lowest BCUT2D eigenvalue weighted by Gasteiger charge is -2.10. The zero-order valence-electron chi connectivity index (χ0n) is 12.2. The van der Waals surface area contributed by atoms with E-state index in [0.717, 1.165) is 16.3 Å². The lowest BCUT2D eigenvalue weighted by atomic mass is 10.2. The Labute approximate surface area is 127 Å². The van der Waals surface area contributed by atoms with E-state index in [1.165, 1.54) is 18.4 Å². The molecule has 1 heterocycles. The number of esters is 1. The van der Waals surface area contributed by atoms with E-state index in [2.05, 4.69) is 9.72 Å². The summed E-state index contributed by atoms with van der Waals surface area (Å²) >= 11 is 1.51. The summed E-state index contributed by atoms with van der Waals surface area (Å²) in [6, 6.07) is 5.67. The Hall–Kier alpha value is -2.08. The highest BCUT2D eigenvalue weighted by atomic mass is 32.1. The Morgan fingerprint density at radius 1 is 1.24 bits per heavy atom. The molecule has 0 saturated carbocycles. The first-order chi connectivity index (χ1) is 10.2. The molecule has 0 aliphatic heterocycles. The summed E-state index contributed by atoms with van der Waals surface area (Å²) in [5.74, 6) is 1.10. The van der Waals surface area contributed by atoms with Crippen LogP contribution < -0.4 is 9.47 Å². The third kappa shape index (κ3) is 3.52. The second kappa shape index (κ2) is 7.08. The highest BCUT2D eigenvalue weighted by molar-refractivity contribution is 7.13. The number of benzene rings is 1. The molecule has 1 aromatic carbocycles. The SMILES string of the molecule is COC(=O)CCc1csc(-c2cccc(OC)c2OC)n1. The van der Waals surface area contributed by atoms with Crippen molar-refractivity contribution in [2.45, 2.75) is 12.8 Å². The van der Waals surface area contributed by atoms with Crippen molar-refractivity contribution in [3.05, 3.63) is 29.3 Å². The maximum Gasteiger partial charge on any atom is 0.305 e. The molecule has 6 heteroatoms. The fraction of sp³-hybridized carbons (Fsp3) is 0.333. The van der Waals surface area contributed by atoms with Crippen LogP contribution in [0.15, 0.2) is 23.6 Å². The van der Waals surface area contributed by atoms with Crippen molar-refractivity contribution in [1.82, 2.24) is 4.98 Å². The van der Waals surface area contributed by atoms with E-state index in [1.54, 1.807) is 14.2 Å². The van der Waals surface area contributed by atoms with Gasteiger partial charge in [-0.25, -0.2) is 4.98 Å². The van der Waals surface area contributed by atoms with Crippen molar-refractivity contribution in [2.75, 3.05) is 21.3 Å². The van der Waals surface area contributed by atoms with Gasteiger partial charge in [0.1, 0.15) is 5.01 Å². The largest absolute Gasteiger partial charge is 0.493 e. The summed E-state index contributed by atoms with van der Waals surface area (Å²) in [7, 11) is 4.59. The minimum absolute atomic E-state index is 0.233. The molecule has 2 aromatic rings. The first kappa shape index (κ1) is 15.3. The number of rotatable bonds is 6. The number of para-hydroxylation sites is 1. The molecule has 0 saturated heterocycles. The Morgan fingerprint density at radius 2 is 2.05 bits per heavy atom. The van der Waals surface area contributed by atoms with Crippen LogP contribution in [0.5, 0.6) is 11.5 Å². The number of thiazole rings is 1. The minimum Gasteiger partial charge on any atom is -0.493 e. The fourth-order valence-electron chi connectivity index (χ4n) is 1.93. The second-order valence-corrected chi connectivity index (χ2v) is 5.12. The van der Waals surface area contributed by atoms with Crippen molar-refractivity contribution >= 4 is 17.3 Å². The van der Waals surface area contributed by atoms with Gasteiger partial charge >= 0.3 is 5.97 Å². The van der Waals surface area contributed by atoms with Crippen molar-refractivity contribution in [3.8, 4) is 22.1 Å². The van der Waals surface area contributed by atoms with Gasteiger partial charge in [-0.05, 0) is 12.1 Å². The van der Waals surface area contributed by atoms with Crippen LogP contribution in [-0.4, -0.2) is 32.3 Å². The molecule has 1 aromatic heterocycles. The summed E-state index contributed by atoms with van der Waals surface area (Å²) in [4.78, 5) is 15.7. The predicted molar refractivity (Wildman–Crippen MR) is 81.0 cm³/mol. The summed E-state index contributed by atoms with van der Waals surface area (Å²) in [5, 5.41) is 2.78. The van der Waals surface area contributed by atoms with E-state index in [9.17, 15) is 4.79 Å².